The van der Waals surface area contributed by atoms with E-state index in [0.29, 0.717) is 26.0 Å². The summed E-state index contributed by atoms with van der Waals surface area (Å²) in [7, 11) is 0. The molecule has 0 aliphatic heterocycles. The first-order chi connectivity index (χ1) is 9.61. The van der Waals surface area contributed by atoms with Crippen molar-refractivity contribution in [3.63, 3.8) is 0 Å². The van der Waals surface area contributed by atoms with Crippen LogP contribution < -0.4 is 10.6 Å². The standard InChI is InChI=1S/C12H22N2O6/c1-2-20-11(16)7-13-6-4-3-5-10(12(17)18)14-8-19-9-15/h9-10,13-14H,2-8H2,1H3,(H,17,18). The van der Waals surface area contributed by atoms with Gasteiger partial charge in [0.2, 0.25) is 0 Å². The van der Waals surface area contributed by atoms with Crippen LogP contribution in [0.15, 0.2) is 0 Å². The van der Waals surface area contributed by atoms with Crippen LogP contribution in [0.3, 0.4) is 0 Å². The van der Waals surface area contributed by atoms with Crippen molar-refractivity contribution in [3.05, 3.63) is 0 Å². The number of rotatable bonds is 13. The molecule has 0 fully saturated rings. The van der Waals surface area contributed by atoms with E-state index in [-0.39, 0.29) is 25.7 Å². The number of nitrogens with one attached hydrogen (secondary N) is 2. The number of unbranched alkanes of at least 4 members (excludes halogenated alkanes) is 1. The number of carbonyl (C=O) groups excluding carboxylic acids is 2. The molecule has 0 saturated carbocycles. The average molecular weight is 290 g/mol. The lowest BCUT2D eigenvalue weighted by atomic mass is 10.1. The van der Waals surface area contributed by atoms with E-state index in [2.05, 4.69) is 15.4 Å². The third-order valence-corrected chi connectivity index (χ3v) is 2.45. The van der Waals surface area contributed by atoms with E-state index in [0.717, 1.165) is 6.42 Å². The molecule has 0 heterocycles. The van der Waals surface area contributed by atoms with Gasteiger partial charge >= 0.3 is 11.9 Å². The molecule has 0 aliphatic rings. The molecule has 0 aromatic heterocycles. The summed E-state index contributed by atoms with van der Waals surface area (Å²) in [5, 5.41) is 14.4. The minimum atomic E-state index is -0.987. The monoisotopic (exact) mass is 290 g/mol. The van der Waals surface area contributed by atoms with Gasteiger partial charge in [-0.1, -0.05) is 6.42 Å². The molecule has 0 radical (unpaired) electrons. The number of hydrogen-bond acceptors (Lipinski definition) is 7. The van der Waals surface area contributed by atoms with Crippen molar-refractivity contribution in [1.82, 2.24) is 10.6 Å². The quantitative estimate of drug-likeness (QED) is 0.180. The first kappa shape index (κ1) is 18.3. The van der Waals surface area contributed by atoms with Crippen molar-refractivity contribution in [2.45, 2.75) is 32.2 Å². The highest BCUT2D eigenvalue weighted by Crippen LogP contribution is 2.00. The maximum atomic E-state index is 11.0. The van der Waals surface area contributed by atoms with Crippen LogP contribution in [0.4, 0.5) is 0 Å². The lowest BCUT2D eigenvalue weighted by molar-refractivity contribution is -0.142. The Morgan fingerprint density at radius 1 is 1.35 bits per heavy atom. The molecule has 0 spiro atoms. The Labute approximate surface area is 117 Å². The number of carbonyl (C=O) groups is 3. The van der Waals surface area contributed by atoms with Gasteiger partial charge in [0, 0.05) is 0 Å². The van der Waals surface area contributed by atoms with Crippen molar-refractivity contribution < 1.29 is 29.0 Å². The maximum Gasteiger partial charge on any atom is 0.320 e. The predicted octanol–water partition coefficient (Wildman–Crippen LogP) is -0.517. The Kier molecular flexibility index (Phi) is 11.3. The Bertz CT molecular complexity index is 298. The average Bonchev–Trinajstić information content (AvgIpc) is 2.40. The van der Waals surface area contributed by atoms with Gasteiger partial charge in [-0.05, 0) is 26.3 Å². The van der Waals surface area contributed by atoms with Crippen LogP contribution in [0.25, 0.3) is 0 Å². The summed E-state index contributed by atoms with van der Waals surface area (Å²) < 4.78 is 9.13. The van der Waals surface area contributed by atoms with E-state index >= 15 is 0 Å². The maximum absolute atomic E-state index is 11.0. The third kappa shape index (κ3) is 10.3. The molecule has 0 aromatic rings. The fourth-order valence-corrected chi connectivity index (χ4v) is 1.50. The Hall–Kier alpha value is -1.67. The van der Waals surface area contributed by atoms with E-state index in [1.807, 2.05) is 0 Å². The number of carboxylic acid groups (broad SMARTS) is 1. The van der Waals surface area contributed by atoms with Crippen molar-refractivity contribution in [2.24, 2.45) is 0 Å². The normalized spacial score (nSPS) is 11.7. The fourth-order valence-electron chi connectivity index (χ4n) is 1.50. The minimum Gasteiger partial charge on any atom is -0.480 e. The molecular formula is C12H22N2O6. The molecule has 1 atom stereocenters. The van der Waals surface area contributed by atoms with Gasteiger partial charge in [0.15, 0.2) is 0 Å². The first-order valence-electron chi connectivity index (χ1n) is 6.49. The van der Waals surface area contributed by atoms with Gasteiger partial charge < -0.3 is 19.9 Å². The minimum absolute atomic E-state index is 0.123. The summed E-state index contributed by atoms with van der Waals surface area (Å²) in [5.74, 6) is -1.29. The number of hydrogen-bond donors (Lipinski definition) is 3. The highest BCUT2D eigenvalue weighted by atomic mass is 16.5. The summed E-state index contributed by atoms with van der Waals surface area (Å²) in [5.41, 5.74) is 0. The van der Waals surface area contributed by atoms with Crippen molar-refractivity contribution in [1.29, 1.82) is 0 Å². The van der Waals surface area contributed by atoms with E-state index in [4.69, 9.17) is 9.84 Å². The SMILES string of the molecule is CCOC(=O)CNCCCCC(NCOC=O)C(=O)O. The zero-order valence-electron chi connectivity index (χ0n) is 11.6. The van der Waals surface area contributed by atoms with Crippen LogP contribution in [0.2, 0.25) is 0 Å². The molecule has 0 bridgehead atoms. The van der Waals surface area contributed by atoms with Crippen molar-refractivity contribution in [2.75, 3.05) is 26.4 Å². The van der Waals surface area contributed by atoms with E-state index in [9.17, 15) is 14.4 Å². The molecule has 0 saturated heterocycles. The van der Waals surface area contributed by atoms with Gasteiger partial charge in [0.25, 0.3) is 6.47 Å². The lowest BCUT2D eigenvalue weighted by Crippen LogP contribution is -2.38. The van der Waals surface area contributed by atoms with Gasteiger partial charge in [0.05, 0.1) is 13.2 Å². The number of esters is 1. The van der Waals surface area contributed by atoms with Crippen LogP contribution in [0, 0.1) is 0 Å². The highest BCUT2D eigenvalue weighted by molar-refractivity contribution is 5.73. The Morgan fingerprint density at radius 2 is 2.10 bits per heavy atom. The zero-order chi connectivity index (χ0) is 15.2. The molecular weight excluding hydrogens is 268 g/mol. The molecule has 0 aromatic carbocycles. The number of carboxylic acids is 1. The van der Waals surface area contributed by atoms with Crippen LogP contribution in [-0.4, -0.2) is 56.0 Å². The topological polar surface area (TPSA) is 114 Å². The lowest BCUT2D eigenvalue weighted by Gasteiger charge is -2.13. The molecule has 1 unspecified atom stereocenters. The molecule has 20 heavy (non-hydrogen) atoms. The molecule has 116 valence electrons. The summed E-state index contributed by atoms with van der Waals surface area (Å²) in [4.78, 5) is 31.8. The number of ether oxygens (including phenoxy) is 2. The molecule has 0 rings (SSSR count). The van der Waals surface area contributed by atoms with Crippen LogP contribution in [0.5, 0.6) is 0 Å². The second kappa shape index (κ2) is 12.4. The van der Waals surface area contributed by atoms with Crippen LogP contribution in [-0.2, 0) is 23.9 Å². The molecule has 8 heteroatoms. The summed E-state index contributed by atoms with van der Waals surface area (Å²) in [6, 6.07) is -0.750. The molecule has 0 aliphatic carbocycles. The zero-order valence-corrected chi connectivity index (χ0v) is 11.6. The van der Waals surface area contributed by atoms with E-state index in [1.54, 1.807) is 6.92 Å². The second-order valence-corrected chi connectivity index (χ2v) is 3.98. The first-order valence-corrected chi connectivity index (χ1v) is 6.49. The Morgan fingerprint density at radius 3 is 2.70 bits per heavy atom. The summed E-state index contributed by atoms with van der Waals surface area (Å²) in [6.07, 6.45) is 1.82. The number of aliphatic carboxylic acids is 1. The smallest absolute Gasteiger partial charge is 0.320 e. The van der Waals surface area contributed by atoms with Crippen LogP contribution in [0.1, 0.15) is 26.2 Å². The van der Waals surface area contributed by atoms with Gasteiger partial charge in [-0.2, -0.15) is 0 Å². The third-order valence-electron chi connectivity index (χ3n) is 2.45. The van der Waals surface area contributed by atoms with Crippen molar-refractivity contribution >= 4 is 18.4 Å². The Balaban J connectivity index is 3.60. The van der Waals surface area contributed by atoms with Crippen molar-refractivity contribution in [3.8, 4) is 0 Å². The summed E-state index contributed by atoms with van der Waals surface area (Å²) >= 11 is 0. The van der Waals surface area contributed by atoms with Crippen LogP contribution >= 0.6 is 0 Å². The second-order valence-electron chi connectivity index (χ2n) is 3.98. The molecule has 3 N–H and O–H groups in total. The molecule has 8 nitrogen and oxygen atoms in total. The van der Waals surface area contributed by atoms with E-state index < -0.39 is 12.0 Å². The van der Waals surface area contributed by atoms with E-state index in [1.165, 1.54) is 0 Å². The van der Waals surface area contributed by atoms with Gasteiger partial charge in [-0.25, -0.2) is 0 Å². The largest absolute Gasteiger partial charge is 0.480 e. The molecule has 0 amide bonds. The summed E-state index contributed by atoms with van der Waals surface area (Å²) in [6.45, 7) is 2.99. The van der Waals surface area contributed by atoms with Gasteiger partial charge in [-0.3, -0.25) is 19.7 Å². The highest BCUT2D eigenvalue weighted by Gasteiger charge is 2.15. The van der Waals surface area contributed by atoms with Gasteiger partial charge in [0.1, 0.15) is 12.8 Å². The fraction of sp³-hybridized carbons (Fsp3) is 0.750. The van der Waals surface area contributed by atoms with Gasteiger partial charge in [-0.15, -0.1) is 0 Å². The predicted molar refractivity (Wildman–Crippen MR) is 69.9 cm³/mol.